The largest absolute Gasteiger partial charge is 0.468 e. The van der Waals surface area contributed by atoms with Gasteiger partial charge in [-0.2, -0.15) is 0 Å². The average molecular weight is 429 g/mol. The Kier molecular flexibility index (Phi) is 5.28. The Labute approximate surface area is 174 Å². The van der Waals surface area contributed by atoms with Crippen LogP contribution in [0.15, 0.2) is 74.3 Å². The lowest BCUT2D eigenvalue weighted by Gasteiger charge is -2.26. The molecule has 1 saturated heterocycles. The lowest BCUT2D eigenvalue weighted by atomic mass is 10.1. The number of carbonyl (C=O) groups excluding carboxylic acids is 3. The molecule has 3 aromatic rings. The molecule has 0 saturated carbocycles. The Morgan fingerprint density at radius 3 is 2.59 bits per heavy atom. The molecule has 1 aromatic carbocycles. The van der Waals surface area contributed by atoms with Crippen LogP contribution >= 0.6 is 23.4 Å². The van der Waals surface area contributed by atoms with E-state index in [1.165, 1.54) is 30.0 Å². The van der Waals surface area contributed by atoms with Gasteiger partial charge in [-0.15, -0.1) is 0 Å². The highest BCUT2D eigenvalue weighted by molar-refractivity contribution is 7.98. The van der Waals surface area contributed by atoms with Crippen molar-refractivity contribution in [3.05, 3.63) is 76.9 Å². The highest BCUT2D eigenvalue weighted by Crippen LogP contribution is 2.27. The Morgan fingerprint density at radius 1 is 1.07 bits per heavy atom. The molecule has 1 fully saturated rings. The fourth-order valence-corrected chi connectivity index (χ4v) is 3.55. The van der Waals surface area contributed by atoms with E-state index in [1.807, 2.05) is 6.07 Å². The molecule has 0 atom stereocenters. The molecular formula is C20H13ClN2O5S. The maximum atomic E-state index is 12.8. The molecule has 0 radical (unpaired) electrons. The molecule has 1 aliphatic rings. The summed E-state index contributed by atoms with van der Waals surface area (Å²) in [7, 11) is 0. The second-order valence-corrected chi connectivity index (χ2v) is 7.38. The van der Waals surface area contributed by atoms with Gasteiger partial charge in [0.15, 0.2) is 5.09 Å². The van der Waals surface area contributed by atoms with Gasteiger partial charge in [-0.05, 0) is 54.6 Å². The van der Waals surface area contributed by atoms with E-state index >= 15 is 0 Å². The maximum Gasteiger partial charge on any atom is 0.335 e. The molecule has 1 N–H and O–H groups in total. The maximum absolute atomic E-state index is 12.8. The highest BCUT2D eigenvalue weighted by Gasteiger charge is 2.37. The second-order valence-electron chi connectivity index (χ2n) is 5.96. The number of nitrogens with zero attached hydrogens (tertiary/aromatic N) is 1. The van der Waals surface area contributed by atoms with Crippen molar-refractivity contribution < 1.29 is 23.2 Å². The number of amides is 4. The summed E-state index contributed by atoms with van der Waals surface area (Å²) in [6.07, 6.45) is 2.90. The predicted molar refractivity (Wildman–Crippen MR) is 107 cm³/mol. The van der Waals surface area contributed by atoms with Gasteiger partial charge in [0.2, 0.25) is 0 Å². The van der Waals surface area contributed by atoms with Crippen molar-refractivity contribution in [2.75, 3.05) is 4.90 Å². The van der Waals surface area contributed by atoms with Crippen LogP contribution < -0.4 is 10.2 Å². The summed E-state index contributed by atoms with van der Waals surface area (Å²) in [5.74, 6) is 0.157. The predicted octanol–water partition coefficient (Wildman–Crippen LogP) is 4.48. The van der Waals surface area contributed by atoms with Gasteiger partial charge in [-0.3, -0.25) is 14.9 Å². The minimum atomic E-state index is -0.825. The molecule has 0 aliphatic carbocycles. The molecule has 0 unspecified atom stereocenters. The van der Waals surface area contributed by atoms with Crippen molar-refractivity contribution in [2.45, 2.75) is 10.8 Å². The van der Waals surface area contributed by atoms with Crippen LogP contribution in [0.2, 0.25) is 5.02 Å². The van der Waals surface area contributed by atoms with E-state index in [1.54, 1.807) is 36.6 Å². The Hall–Kier alpha value is -3.23. The number of thioether (sulfide) groups is 1. The molecule has 4 amide bonds. The van der Waals surface area contributed by atoms with E-state index in [2.05, 4.69) is 5.32 Å². The summed E-state index contributed by atoms with van der Waals surface area (Å²) in [5.41, 5.74) is 0.0842. The molecule has 4 rings (SSSR count). The van der Waals surface area contributed by atoms with Gasteiger partial charge in [-0.1, -0.05) is 23.4 Å². The van der Waals surface area contributed by atoms with E-state index in [0.717, 1.165) is 10.7 Å². The number of halogens is 1. The number of carbonyl (C=O) groups is 3. The molecule has 0 spiro atoms. The van der Waals surface area contributed by atoms with E-state index in [0.29, 0.717) is 27.3 Å². The average Bonchev–Trinajstić information content (AvgIpc) is 3.36. The van der Waals surface area contributed by atoms with Crippen LogP contribution in [-0.4, -0.2) is 17.8 Å². The lowest BCUT2D eigenvalue weighted by Crippen LogP contribution is -2.54. The number of imide groups is 2. The third kappa shape index (κ3) is 4.13. The number of hydrogen-bond donors (Lipinski definition) is 1. The third-order valence-electron chi connectivity index (χ3n) is 4.01. The van der Waals surface area contributed by atoms with Gasteiger partial charge in [0.25, 0.3) is 11.8 Å². The summed E-state index contributed by atoms with van der Waals surface area (Å²) in [6.45, 7) is 0. The molecule has 2 aromatic heterocycles. The van der Waals surface area contributed by atoms with Gasteiger partial charge in [0.1, 0.15) is 17.1 Å². The summed E-state index contributed by atoms with van der Waals surface area (Å²) in [4.78, 5) is 38.1. The first kappa shape index (κ1) is 19.1. The van der Waals surface area contributed by atoms with Crippen LogP contribution in [0.3, 0.4) is 0 Å². The summed E-state index contributed by atoms with van der Waals surface area (Å²) in [5, 5.41) is 3.22. The number of furan rings is 2. The highest BCUT2D eigenvalue weighted by atomic mass is 35.5. The molecular weight excluding hydrogens is 416 g/mol. The topological polar surface area (TPSA) is 92.8 Å². The number of nitrogens with one attached hydrogen (secondary N) is 1. The number of anilines is 1. The lowest BCUT2D eigenvalue weighted by molar-refractivity contribution is -0.122. The van der Waals surface area contributed by atoms with Crippen LogP contribution in [0.25, 0.3) is 6.08 Å². The zero-order valence-electron chi connectivity index (χ0n) is 14.8. The Bertz CT molecular complexity index is 1100. The minimum Gasteiger partial charge on any atom is -0.468 e. The van der Waals surface area contributed by atoms with E-state index < -0.39 is 17.8 Å². The summed E-state index contributed by atoms with van der Waals surface area (Å²) >= 11 is 7.26. The van der Waals surface area contributed by atoms with E-state index in [4.69, 9.17) is 20.4 Å². The van der Waals surface area contributed by atoms with Crippen LogP contribution in [0.4, 0.5) is 10.5 Å². The van der Waals surface area contributed by atoms with Gasteiger partial charge in [0.05, 0.1) is 17.7 Å². The van der Waals surface area contributed by atoms with Crippen molar-refractivity contribution in [1.29, 1.82) is 0 Å². The molecule has 9 heteroatoms. The SMILES string of the molecule is O=C1NC(=O)N(c2ccc(Cl)cc2)C(=O)C1=Cc1ccc(SCc2ccco2)o1. The number of benzene rings is 1. The Balaban J connectivity index is 1.55. The molecule has 3 heterocycles. The van der Waals surface area contributed by atoms with Crippen LogP contribution in [0, 0.1) is 0 Å². The van der Waals surface area contributed by atoms with Crippen LogP contribution in [0.1, 0.15) is 11.5 Å². The van der Waals surface area contributed by atoms with Crippen molar-refractivity contribution in [3.63, 3.8) is 0 Å². The van der Waals surface area contributed by atoms with Crippen molar-refractivity contribution in [3.8, 4) is 0 Å². The summed E-state index contributed by atoms with van der Waals surface area (Å²) < 4.78 is 10.9. The number of urea groups is 1. The number of barbiturate groups is 1. The van der Waals surface area contributed by atoms with E-state index in [-0.39, 0.29) is 5.57 Å². The second kappa shape index (κ2) is 8.02. The van der Waals surface area contributed by atoms with Crippen LogP contribution in [-0.2, 0) is 15.3 Å². The smallest absolute Gasteiger partial charge is 0.335 e. The first-order valence-electron chi connectivity index (χ1n) is 8.43. The molecule has 29 heavy (non-hydrogen) atoms. The molecule has 1 aliphatic heterocycles. The quantitative estimate of drug-likeness (QED) is 0.366. The van der Waals surface area contributed by atoms with Crippen molar-refractivity contribution in [2.24, 2.45) is 0 Å². The fraction of sp³-hybridized carbons (Fsp3) is 0.0500. The summed E-state index contributed by atoms with van der Waals surface area (Å²) in [6, 6.07) is 12.3. The molecule has 0 bridgehead atoms. The fourth-order valence-electron chi connectivity index (χ4n) is 2.65. The first-order chi connectivity index (χ1) is 14.0. The van der Waals surface area contributed by atoms with E-state index in [9.17, 15) is 14.4 Å². The van der Waals surface area contributed by atoms with Crippen molar-refractivity contribution in [1.82, 2.24) is 5.32 Å². The number of rotatable bonds is 5. The Morgan fingerprint density at radius 2 is 1.86 bits per heavy atom. The first-order valence-corrected chi connectivity index (χ1v) is 9.79. The van der Waals surface area contributed by atoms with Crippen molar-refractivity contribution >= 4 is 53.0 Å². The van der Waals surface area contributed by atoms with Gasteiger partial charge in [-0.25, -0.2) is 9.69 Å². The molecule has 7 nitrogen and oxygen atoms in total. The molecule has 146 valence electrons. The monoisotopic (exact) mass is 428 g/mol. The van der Waals surface area contributed by atoms with Crippen LogP contribution in [0.5, 0.6) is 0 Å². The number of hydrogen-bond acceptors (Lipinski definition) is 6. The zero-order chi connectivity index (χ0) is 20.4. The van der Waals surface area contributed by atoms with Gasteiger partial charge in [0, 0.05) is 5.02 Å². The van der Waals surface area contributed by atoms with Gasteiger partial charge < -0.3 is 8.83 Å². The normalized spacial score (nSPS) is 15.8. The standard InChI is InChI=1S/C20H13ClN2O5S/c21-12-3-5-13(6-4-12)23-19(25)16(18(24)22-20(23)26)10-14-7-8-17(28-14)29-11-15-2-1-9-27-15/h1-10H,11H2,(H,22,24,26). The third-order valence-corrected chi connectivity index (χ3v) is 5.20. The minimum absolute atomic E-state index is 0.212. The van der Waals surface area contributed by atoms with Gasteiger partial charge >= 0.3 is 6.03 Å². The zero-order valence-corrected chi connectivity index (χ0v) is 16.3.